The van der Waals surface area contributed by atoms with Crippen molar-refractivity contribution < 1.29 is 22.7 Å². The average molecular weight is 302 g/mol. The molecule has 0 radical (unpaired) electrons. The number of hydrogen-bond acceptors (Lipinski definition) is 6. The number of nitrogens with two attached hydrogens (primary N) is 1. The van der Waals surface area contributed by atoms with Crippen molar-refractivity contribution in [1.29, 1.82) is 0 Å². The number of ether oxygens (including phenoxy) is 2. The van der Waals surface area contributed by atoms with Gasteiger partial charge in [0.1, 0.15) is 12.4 Å². The average Bonchev–Trinajstić information content (AvgIpc) is 2.40. The Kier molecular flexibility index (Phi) is 6.26. The fourth-order valence-corrected chi connectivity index (χ4v) is 2.22. The van der Waals surface area contributed by atoms with E-state index in [1.54, 1.807) is 24.3 Å². The molecule has 0 unspecified atom stereocenters. The van der Waals surface area contributed by atoms with Crippen LogP contribution in [0.15, 0.2) is 24.3 Å². The van der Waals surface area contributed by atoms with Gasteiger partial charge < -0.3 is 15.2 Å². The molecule has 0 bridgehead atoms. The first-order valence-electron chi connectivity index (χ1n) is 5.96. The Hall–Kier alpha value is -1.80. The van der Waals surface area contributed by atoms with E-state index in [0.29, 0.717) is 11.4 Å². The molecule has 0 aromatic heterocycles. The number of benzene rings is 1. The van der Waals surface area contributed by atoms with Crippen molar-refractivity contribution >= 4 is 21.7 Å². The second kappa shape index (κ2) is 7.71. The third-order valence-electron chi connectivity index (χ3n) is 2.41. The van der Waals surface area contributed by atoms with Crippen LogP contribution in [0.2, 0.25) is 0 Å². The van der Waals surface area contributed by atoms with E-state index < -0.39 is 16.0 Å². The van der Waals surface area contributed by atoms with Gasteiger partial charge in [-0.25, -0.2) is 13.1 Å². The Morgan fingerprint density at radius 2 is 2.05 bits per heavy atom. The van der Waals surface area contributed by atoms with Crippen LogP contribution in [-0.2, 0) is 19.6 Å². The lowest BCUT2D eigenvalue weighted by Crippen LogP contribution is -2.31. The number of methoxy groups -OCH3 is 1. The van der Waals surface area contributed by atoms with E-state index in [1.807, 2.05) is 0 Å². The Balaban J connectivity index is 2.33. The molecule has 0 amide bonds. The van der Waals surface area contributed by atoms with Crippen molar-refractivity contribution in [2.75, 3.05) is 31.7 Å². The molecule has 0 aliphatic heterocycles. The molecule has 0 aliphatic rings. The fourth-order valence-electron chi connectivity index (χ4n) is 1.36. The van der Waals surface area contributed by atoms with E-state index >= 15 is 0 Å². The van der Waals surface area contributed by atoms with Gasteiger partial charge in [0.2, 0.25) is 10.0 Å². The van der Waals surface area contributed by atoms with Crippen LogP contribution in [0, 0.1) is 0 Å². The fraction of sp³-hybridized carbons (Fsp3) is 0.417. The van der Waals surface area contributed by atoms with E-state index in [4.69, 9.17) is 10.5 Å². The summed E-state index contributed by atoms with van der Waals surface area (Å²) in [4.78, 5) is 10.8. The number of hydrogen-bond donors (Lipinski definition) is 2. The minimum absolute atomic E-state index is 0.00246. The predicted molar refractivity (Wildman–Crippen MR) is 74.8 cm³/mol. The Morgan fingerprint density at radius 3 is 2.70 bits per heavy atom. The van der Waals surface area contributed by atoms with E-state index in [1.165, 1.54) is 7.11 Å². The zero-order valence-corrected chi connectivity index (χ0v) is 12.0. The number of carbonyl (C=O) groups is 1. The summed E-state index contributed by atoms with van der Waals surface area (Å²) in [5.41, 5.74) is 6.11. The van der Waals surface area contributed by atoms with Crippen LogP contribution in [0.1, 0.15) is 6.42 Å². The SMILES string of the molecule is COC(=O)CCNS(=O)(=O)CCOc1ccccc1N. The van der Waals surface area contributed by atoms with Gasteiger partial charge in [0, 0.05) is 6.54 Å². The normalized spacial score (nSPS) is 11.1. The van der Waals surface area contributed by atoms with Gasteiger partial charge in [0.15, 0.2) is 0 Å². The smallest absolute Gasteiger partial charge is 0.306 e. The molecule has 1 aromatic rings. The minimum Gasteiger partial charge on any atom is -0.490 e. The summed E-state index contributed by atoms with van der Waals surface area (Å²) in [6, 6.07) is 6.83. The monoisotopic (exact) mass is 302 g/mol. The summed E-state index contributed by atoms with van der Waals surface area (Å²) < 4.78 is 35.2. The Morgan fingerprint density at radius 1 is 1.35 bits per heavy atom. The van der Waals surface area contributed by atoms with E-state index in [2.05, 4.69) is 9.46 Å². The summed E-state index contributed by atoms with van der Waals surface area (Å²) >= 11 is 0. The van der Waals surface area contributed by atoms with Crippen LogP contribution < -0.4 is 15.2 Å². The number of anilines is 1. The van der Waals surface area contributed by atoms with E-state index in [-0.39, 0.29) is 25.3 Å². The second-order valence-electron chi connectivity index (χ2n) is 3.93. The number of nitrogen functional groups attached to an aromatic ring is 1. The van der Waals surface area contributed by atoms with Crippen molar-refractivity contribution in [1.82, 2.24) is 4.72 Å². The minimum atomic E-state index is -3.49. The number of nitrogens with one attached hydrogen (secondary N) is 1. The van der Waals surface area contributed by atoms with E-state index in [0.717, 1.165) is 0 Å². The van der Waals surface area contributed by atoms with Gasteiger partial charge in [-0.05, 0) is 12.1 Å². The maximum absolute atomic E-state index is 11.6. The maximum atomic E-state index is 11.6. The van der Waals surface area contributed by atoms with Gasteiger partial charge in [-0.15, -0.1) is 0 Å². The third kappa shape index (κ3) is 5.89. The Bertz CT molecular complexity index is 545. The number of sulfonamides is 1. The molecule has 3 N–H and O–H groups in total. The lowest BCUT2D eigenvalue weighted by Gasteiger charge is -2.09. The van der Waals surface area contributed by atoms with Gasteiger partial charge in [-0.3, -0.25) is 4.79 Å². The quantitative estimate of drug-likeness (QED) is 0.522. The van der Waals surface area contributed by atoms with Crippen molar-refractivity contribution in [3.05, 3.63) is 24.3 Å². The van der Waals surface area contributed by atoms with Crippen molar-refractivity contribution in [3.63, 3.8) is 0 Å². The zero-order chi connectivity index (χ0) is 15.0. The second-order valence-corrected chi connectivity index (χ2v) is 5.85. The molecule has 0 aliphatic carbocycles. The van der Waals surface area contributed by atoms with Crippen LogP contribution in [0.3, 0.4) is 0 Å². The van der Waals surface area contributed by atoms with Crippen molar-refractivity contribution in [2.45, 2.75) is 6.42 Å². The molecule has 8 heteroatoms. The molecule has 0 atom stereocenters. The summed E-state index contributed by atoms with van der Waals surface area (Å²) in [6.45, 7) is -0.0236. The number of esters is 1. The molecule has 20 heavy (non-hydrogen) atoms. The summed E-state index contributed by atoms with van der Waals surface area (Å²) in [5, 5.41) is 0. The maximum Gasteiger partial charge on any atom is 0.306 e. The Labute approximate surface area is 118 Å². The zero-order valence-electron chi connectivity index (χ0n) is 11.2. The molecule has 0 heterocycles. The third-order valence-corrected chi connectivity index (χ3v) is 3.76. The van der Waals surface area contributed by atoms with Crippen molar-refractivity contribution in [2.24, 2.45) is 0 Å². The summed E-state index contributed by atoms with van der Waals surface area (Å²) in [5.74, 6) is -0.249. The number of para-hydroxylation sites is 2. The summed E-state index contributed by atoms with van der Waals surface area (Å²) in [6.07, 6.45) is -0.0117. The molecule has 0 spiro atoms. The first kappa shape index (κ1) is 16.3. The highest BCUT2D eigenvalue weighted by atomic mass is 32.2. The van der Waals surface area contributed by atoms with Crippen LogP contribution in [0.25, 0.3) is 0 Å². The number of carbonyl (C=O) groups excluding carboxylic acids is 1. The highest BCUT2D eigenvalue weighted by Crippen LogP contribution is 2.19. The lowest BCUT2D eigenvalue weighted by atomic mass is 10.3. The van der Waals surface area contributed by atoms with Gasteiger partial charge in [0.25, 0.3) is 0 Å². The lowest BCUT2D eigenvalue weighted by molar-refractivity contribution is -0.140. The van der Waals surface area contributed by atoms with Crippen LogP contribution in [0.5, 0.6) is 5.75 Å². The van der Waals surface area contributed by atoms with Crippen LogP contribution in [-0.4, -0.2) is 40.4 Å². The van der Waals surface area contributed by atoms with Crippen LogP contribution >= 0.6 is 0 Å². The van der Waals surface area contributed by atoms with Crippen LogP contribution in [0.4, 0.5) is 5.69 Å². The van der Waals surface area contributed by atoms with E-state index in [9.17, 15) is 13.2 Å². The molecular weight excluding hydrogens is 284 g/mol. The van der Waals surface area contributed by atoms with Gasteiger partial charge in [-0.1, -0.05) is 12.1 Å². The highest BCUT2D eigenvalue weighted by molar-refractivity contribution is 7.89. The molecule has 1 aromatic carbocycles. The molecule has 0 fully saturated rings. The molecule has 112 valence electrons. The predicted octanol–water partition coefficient (Wildman–Crippen LogP) is 0.130. The van der Waals surface area contributed by atoms with Gasteiger partial charge in [-0.2, -0.15) is 0 Å². The standard InChI is InChI=1S/C12H18N2O5S/c1-18-12(15)6-7-14-20(16,17)9-8-19-11-5-3-2-4-10(11)13/h2-5,14H,6-9,13H2,1H3. The topological polar surface area (TPSA) is 108 Å². The number of rotatable bonds is 8. The van der Waals surface area contributed by atoms with Gasteiger partial charge >= 0.3 is 5.97 Å². The molecular formula is C12H18N2O5S. The summed E-state index contributed by atoms with van der Waals surface area (Å²) in [7, 11) is -2.25. The van der Waals surface area contributed by atoms with Crippen molar-refractivity contribution in [3.8, 4) is 5.75 Å². The first-order valence-corrected chi connectivity index (χ1v) is 7.61. The highest BCUT2D eigenvalue weighted by Gasteiger charge is 2.11. The first-order chi connectivity index (χ1) is 9.44. The molecule has 7 nitrogen and oxygen atoms in total. The van der Waals surface area contributed by atoms with Gasteiger partial charge in [0.05, 0.1) is 25.0 Å². The molecule has 0 saturated heterocycles. The molecule has 0 saturated carbocycles. The molecule has 1 rings (SSSR count). The largest absolute Gasteiger partial charge is 0.490 e.